The number of likely N-dealkylation sites (tertiary alicyclic amines) is 1. The van der Waals surface area contributed by atoms with Gasteiger partial charge in [-0.15, -0.1) is 5.01 Å². The Bertz CT molecular complexity index is 157. The SMILES string of the molecule is CN(CCN1CCCC1)[N+](=O)[O-]. The Hall–Kier alpha value is -0.840. The first-order chi connectivity index (χ1) is 5.70. The lowest BCUT2D eigenvalue weighted by Gasteiger charge is -2.15. The fourth-order valence-corrected chi connectivity index (χ4v) is 1.37. The van der Waals surface area contributed by atoms with Crippen LogP contribution in [0.5, 0.6) is 0 Å². The maximum absolute atomic E-state index is 10.2. The van der Waals surface area contributed by atoms with Gasteiger partial charge in [0.15, 0.2) is 5.03 Å². The van der Waals surface area contributed by atoms with E-state index in [9.17, 15) is 10.1 Å². The van der Waals surface area contributed by atoms with Crippen molar-refractivity contribution in [3.05, 3.63) is 10.1 Å². The molecule has 0 aliphatic carbocycles. The second-order valence-corrected chi connectivity index (χ2v) is 3.17. The lowest BCUT2D eigenvalue weighted by atomic mass is 10.4. The molecule has 0 atom stereocenters. The highest BCUT2D eigenvalue weighted by molar-refractivity contribution is 4.65. The molecule has 0 aromatic heterocycles. The van der Waals surface area contributed by atoms with Gasteiger partial charge in [0.2, 0.25) is 0 Å². The van der Waals surface area contributed by atoms with Crippen molar-refractivity contribution in [2.24, 2.45) is 0 Å². The molecule has 0 unspecified atom stereocenters. The van der Waals surface area contributed by atoms with Gasteiger partial charge in [0.05, 0.1) is 13.6 Å². The van der Waals surface area contributed by atoms with Crippen molar-refractivity contribution in [3.8, 4) is 0 Å². The summed E-state index contributed by atoms with van der Waals surface area (Å²) >= 11 is 0. The van der Waals surface area contributed by atoms with E-state index in [-0.39, 0.29) is 5.03 Å². The van der Waals surface area contributed by atoms with Gasteiger partial charge < -0.3 is 4.90 Å². The quantitative estimate of drug-likeness (QED) is 0.450. The van der Waals surface area contributed by atoms with Crippen molar-refractivity contribution >= 4 is 0 Å². The molecule has 0 amide bonds. The van der Waals surface area contributed by atoms with E-state index in [4.69, 9.17) is 0 Å². The van der Waals surface area contributed by atoms with Gasteiger partial charge in [0.1, 0.15) is 0 Å². The summed E-state index contributed by atoms with van der Waals surface area (Å²) in [4.78, 5) is 12.5. The summed E-state index contributed by atoms with van der Waals surface area (Å²) in [6.45, 7) is 3.54. The van der Waals surface area contributed by atoms with E-state index in [1.807, 2.05) is 0 Å². The summed E-state index contributed by atoms with van der Waals surface area (Å²) in [5, 5.41) is 11.0. The third-order valence-electron chi connectivity index (χ3n) is 2.22. The van der Waals surface area contributed by atoms with Crippen molar-refractivity contribution in [2.75, 3.05) is 33.2 Å². The zero-order valence-corrected chi connectivity index (χ0v) is 7.40. The van der Waals surface area contributed by atoms with Crippen molar-refractivity contribution in [3.63, 3.8) is 0 Å². The van der Waals surface area contributed by atoms with E-state index in [1.165, 1.54) is 19.9 Å². The fourth-order valence-electron chi connectivity index (χ4n) is 1.37. The van der Waals surface area contributed by atoms with Gasteiger partial charge in [-0.2, -0.15) is 0 Å². The maximum Gasteiger partial charge on any atom is 0.159 e. The van der Waals surface area contributed by atoms with Crippen LogP contribution in [0.2, 0.25) is 0 Å². The molecule has 1 aliphatic heterocycles. The summed E-state index contributed by atoms with van der Waals surface area (Å²) in [6.07, 6.45) is 2.48. The minimum atomic E-state index is -0.365. The fraction of sp³-hybridized carbons (Fsp3) is 1.00. The van der Waals surface area contributed by atoms with Gasteiger partial charge >= 0.3 is 0 Å². The van der Waals surface area contributed by atoms with Gasteiger partial charge in [0, 0.05) is 6.54 Å². The second-order valence-electron chi connectivity index (χ2n) is 3.17. The number of hydrogen-bond donors (Lipinski definition) is 0. The summed E-state index contributed by atoms with van der Waals surface area (Å²) in [5.74, 6) is 0. The molecule has 5 nitrogen and oxygen atoms in total. The van der Waals surface area contributed by atoms with E-state index >= 15 is 0 Å². The Morgan fingerprint density at radius 1 is 1.50 bits per heavy atom. The third kappa shape index (κ3) is 2.65. The van der Waals surface area contributed by atoms with Gasteiger partial charge in [-0.05, 0) is 25.9 Å². The van der Waals surface area contributed by atoms with Crippen LogP contribution in [0.25, 0.3) is 0 Å². The number of hydrogen-bond acceptors (Lipinski definition) is 3. The first kappa shape index (κ1) is 9.25. The molecule has 12 heavy (non-hydrogen) atoms. The number of rotatable bonds is 4. The molecule has 1 rings (SSSR count). The van der Waals surface area contributed by atoms with Crippen LogP contribution < -0.4 is 0 Å². The van der Waals surface area contributed by atoms with Gasteiger partial charge in [-0.3, -0.25) is 0 Å². The summed E-state index contributed by atoms with van der Waals surface area (Å²) in [7, 11) is 1.51. The zero-order chi connectivity index (χ0) is 8.97. The molecule has 0 bridgehead atoms. The van der Waals surface area contributed by atoms with Crippen LogP contribution in [0.1, 0.15) is 12.8 Å². The molecule has 0 radical (unpaired) electrons. The van der Waals surface area contributed by atoms with Gasteiger partial charge in [-0.25, -0.2) is 10.1 Å². The van der Waals surface area contributed by atoms with Crippen molar-refractivity contribution < 1.29 is 5.03 Å². The number of nitro groups is 1. The smallest absolute Gasteiger partial charge is 0.159 e. The molecule has 0 aromatic rings. The molecule has 1 fully saturated rings. The van der Waals surface area contributed by atoms with E-state index in [2.05, 4.69) is 4.90 Å². The van der Waals surface area contributed by atoms with Crippen LogP contribution in [0.4, 0.5) is 0 Å². The van der Waals surface area contributed by atoms with Crippen LogP contribution >= 0.6 is 0 Å². The molecule has 0 N–H and O–H groups in total. The number of likely N-dealkylation sites (N-methyl/N-ethyl adjacent to an activating group) is 1. The minimum Gasteiger partial charge on any atom is -0.301 e. The van der Waals surface area contributed by atoms with Gasteiger partial charge in [-0.1, -0.05) is 0 Å². The molecule has 0 aromatic carbocycles. The molecular formula is C7H15N3O2. The monoisotopic (exact) mass is 173 g/mol. The standard InChI is InChI=1S/C7H15N3O2/c1-8(10(11)12)6-7-9-4-2-3-5-9/h2-7H2,1H3. The van der Waals surface area contributed by atoms with Crippen LogP contribution in [0.3, 0.4) is 0 Å². The maximum atomic E-state index is 10.2. The molecule has 0 saturated carbocycles. The predicted octanol–water partition coefficient (Wildman–Crippen LogP) is 0.206. The van der Waals surface area contributed by atoms with Crippen LogP contribution in [-0.4, -0.2) is 48.2 Å². The number of hydrazine groups is 1. The third-order valence-corrected chi connectivity index (χ3v) is 2.22. The predicted molar refractivity (Wildman–Crippen MR) is 45.3 cm³/mol. The largest absolute Gasteiger partial charge is 0.301 e. The van der Waals surface area contributed by atoms with E-state index in [0.29, 0.717) is 6.54 Å². The average Bonchev–Trinajstić information content (AvgIpc) is 2.51. The molecule has 70 valence electrons. The summed E-state index contributed by atoms with van der Waals surface area (Å²) in [5.41, 5.74) is 0. The number of nitrogens with zero attached hydrogens (tertiary/aromatic N) is 3. The van der Waals surface area contributed by atoms with Crippen LogP contribution in [0, 0.1) is 10.1 Å². The average molecular weight is 173 g/mol. The molecule has 5 heteroatoms. The van der Waals surface area contributed by atoms with E-state index in [1.54, 1.807) is 0 Å². The zero-order valence-electron chi connectivity index (χ0n) is 7.40. The first-order valence-electron chi connectivity index (χ1n) is 4.28. The van der Waals surface area contributed by atoms with E-state index in [0.717, 1.165) is 24.6 Å². The Balaban J connectivity index is 2.11. The highest BCUT2D eigenvalue weighted by Crippen LogP contribution is 2.06. The normalized spacial score (nSPS) is 18.1. The van der Waals surface area contributed by atoms with Crippen molar-refractivity contribution in [1.82, 2.24) is 9.91 Å². The van der Waals surface area contributed by atoms with E-state index < -0.39 is 0 Å². The highest BCUT2D eigenvalue weighted by Gasteiger charge is 2.14. The van der Waals surface area contributed by atoms with Crippen molar-refractivity contribution in [1.29, 1.82) is 0 Å². The molecule has 0 spiro atoms. The first-order valence-corrected chi connectivity index (χ1v) is 4.28. The summed E-state index contributed by atoms with van der Waals surface area (Å²) in [6, 6.07) is 0. The molecule has 1 aliphatic rings. The highest BCUT2D eigenvalue weighted by atomic mass is 16.7. The van der Waals surface area contributed by atoms with Crippen molar-refractivity contribution in [2.45, 2.75) is 12.8 Å². The van der Waals surface area contributed by atoms with Gasteiger partial charge in [0.25, 0.3) is 0 Å². The second kappa shape index (κ2) is 4.25. The Morgan fingerprint density at radius 2 is 2.08 bits per heavy atom. The molecular weight excluding hydrogens is 158 g/mol. The lowest BCUT2D eigenvalue weighted by molar-refractivity contribution is -0.648. The Morgan fingerprint density at radius 3 is 2.58 bits per heavy atom. The summed E-state index contributed by atoms with van der Waals surface area (Å²) < 4.78 is 0. The minimum absolute atomic E-state index is 0.365. The molecule has 1 heterocycles. The Kier molecular flexibility index (Phi) is 3.28. The topological polar surface area (TPSA) is 49.6 Å². The van der Waals surface area contributed by atoms with Crippen LogP contribution in [-0.2, 0) is 0 Å². The molecule has 1 saturated heterocycles. The van der Waals surface area contributed by atoms with Crippen LogP contribution in [0.15, 0.2) is 0 Å². The lowest BCUT2D eigenvalue weighted by Crippen LogP contribution is -2.34. The Labute approximate surface area is 72.1 Å².